The average molecular weight is 460 g/mol. The van der Waals surface area contributed by atoms with Crippen LogP contribution in [0.2, 0.25) is 10.0 Å². The molecule has 0 amide bonds. The first-order chi connectivity index (χ1) is 14.4. The summed E-state index contributed by atoms with van der Waals surface area (Å²) in [5.74, 6) is 0.0654. The fraction of sp³-hybridized carbons (Fsp3) is 0.348. The lowest BCUT2D eigenvalue weighted by atomic mass is 9.74. The Kier molecular flexibility index (Phi) is 5.08. The Morgan fingerprint density at radius 2 is 1.83 bits per heavy atom. The van der Waals surface area contributed by atoms with Gasteiger partial charge in [0.2, 0.25) is 0 Å². The fourth-order valence-electron chi connectivity index (χ4n) is 4.73. The van der Waals surface area contributed by atoms with E-state index in [2.05, 4.69) is 4.98 Å². The van der Waals surface area contributed by atoms with Gasteiger partial charge in [0.25, 0.3) is 5.19 Å². The summed E-state index contributed by atoms with van der Waals surface area (Å²) in [6, 6.07) is 9.09. The molecule has 2 saturated carbocycles. The lowest BCUT2D eigenvalue weighted by Gasteiger charge is -2.27. The van der Waals surface area contributed by atoms with Gasteiger partial charge in [-0.05, 0) is 61.1 Å². The van der Waals surface area contributed by atoms with Crippen LogP contribution in [0.5, 0.6) is 10.9 Å². The highest BCUT2D eigenvalue weighted by molar-refractivity contribution is 7.20. The number of benzene rings is 2. The minimum absolute atomic E-state index is 0.0168. The van der Waals surface area contributed by atoms with Crippen molar-refractivity contribution in [2.75, 3.05) is 0 Å². The SMILES string of the molecule is CCc1ccc(Oc2nc3c(Cl)cc(Cl)cc3s2)cc1C1C(=O)[C@@H]2CC[C@@H](C2)C1=O. The molecule has 0 aliphatic heterocycles. The molecule has 5 rings (SSSR count). The van der Waals surface area contributed by atoms with Crippen LogP contribution in [0.3, 0.4) is 0 Å². The lowest BCUT2D eigenvalue weighted by molar-refractivity contribution is -0.135. The number of ketones is 2. The first kappa shape index (κ1) is 20.0. The molecule has 0 spiro atoms. The summed E-state index contributed by atoms with van der Waals surface area (Å²) in [6.45, 7) is 2.03. The van der Waals surface area contributed by atoms with Gasteiger partial charge in [-0.3, -0.25) is 9.59 Å². The van der Waals surface area contributed by atoms with Gasteiger partial charge in [0.1, 0.15) is 17.2 Å². The van der Waals surface area contributed by atoms with E-state index >= 15 is 0 Å². The number of hydrogen-bond donors (Lipinski definition) is 0. The van der Waals surface area contributed by atoms with E-state index in [1.165, 1.54) is 11.3 Å². The molecule has 1 heterocycles. The summed E-state index contributed by atoms with van der Waals surface area (Å²) >= 11 is 13.7. The number of halogens is 2. The zero-order valence-corrected chi connectivity index (χ0v) is 18.6. The minimum atomic E-state index is -0.668. The highest BCUT2D eigenvalue weighted by Crippen LogP contribution is 2.45. The van der Waals surface area contributed by atoms with Crippen LogP contribution < -0.4 is 4.74 Å². The van der Waals surface area contributed by atoms with Crippen molar-refractivity contribution in [1.82, 2.24) is 4.98 Å². The van der Waals surface area contributed by atoms with Gasteiger partial charge in [0.05, 0.1) is 9.72 Å². The monoisotopic (exact) mass is 459 g/mol. The number of thiazole rings is 1. The quantitative estimate of drug-likeness (QED) is 0.411. The molecule has 2 aliphatic rings. The Morgan fingerprint density at radius 1 is 1.10 bits per heavy atom. The zero-order valence-electron chi connectivity index (χ0n) is 16.3. The molecule has 0 N–H and O–H groups in total. The van der Waals surface area contributed by atoms with Crippen molar-refractivity contribution < 1.29 is 14.3 Å². The maximum absolute atomic E-state index is 13.0. The number of nitrogens with zero attached hydrogens (tertiary/aromatic N) is 1. The van der Waals surface area contributed by atoms with E-state index in [0.717, 1.165) is 41.5 Å². The predicted octanol–water partition coefficient (Wildman–Crippen LogP) is 6.61. The number of hydrogen-bond acceptors (Lipinski definition) is 5. The normalized spacial score (nSPS) is 23.4. The number of rotatable bonds is 4. The van der Waals surface area contributed by atoms with Gasteiger partial charge in [-0.15, -0.1) is 0 Å². The Labute approximate surface area is 188 Å². The average Bonchev–Trinajstić information content (AvgIpc) is 3.33. The highest BCUT2D eigenvalue weighted by atomic mass is 35.5. The third-order valence-corrected chi connectivity index (χ3v) is 7.60. The third-order valence-electron chi connectivity index (χ3n) is 6.21. The summed E-state index contributed by atoms with van der Waals surface area (Å²) in [5.41, 5.74) is 2.43. The molecule has 2 bridgehead atoms. The molecule has 4 nitrogen and oxygen atoms in total. The molecule has 2 aliphatic carbocycles. The van der Waals surface area contributed by atoms with Crippen LogP contribution in [0.1, 0.15) is 43.2 Å². The number of fused-ring (bicyclic) bond motifs is 3. The van der Waals surface area contributed by atoms with Gasteiger partial charge in [0.15, 0.2) is 11.6 Å². The highest BCUT2D eigenvalue weighted by Gasteiger charge is 2.47. The van der Waals surface area contributed by atoms with Gasteiger partial charge >= 0.3 is 0 Å². The van der Waals surface area contributed by atoms with Crippen molar-refractivity contribution >= 4 is 56.3 Å². The van der Waals surface area contributed by atoms with Crippen molar-refractivity contribution in [1.29, 1.82) is 0 Å². The van der Waals surface area contributed by atoms with Crippen LogP contribution in [0.15, 0.2) is 30.3 Å². The minimum Gasteiger partial charge on any atom is -0.431 e. The number of Topliss-reactive ketones (excluding diaryl/α,β-unsaturated/α-hetero) is 2. The fourth-order valence-corrected chi connectivity index (χ4v) is 6.28. The number of carbonyl (C=O) groups is 2. The molecular formula is C23H19Cl2NO3S. The van der Waals surface area contributed by atoms with Crippen LogP contribution in [0.25, 0.3) is 10.2 Å². The lowest BCUT2D eigenvalue weighted by Crippen LogP contribution is -2.35. The summed E-state index contributed by atoms with van der Waals surface area (Å²) in [4.78, 5) is 30.5. The van der Waals surface area contributed by atoms with Crippen LogP contribution >= 0.6 is 34.5 Å². The van der Waals surface area contributed by atoms with E-state index in [-0.39, 0.29) is 23.4 Å². The van der Waals surface area contributed by atoms with Gasteiger partial charge in [0, 0.05) is 16.9 Å². The van der Waals surface area contributed by atoms with E-state index < -0.39 is 5.92 Å². The van der Waals surface area contributed by atoms with Crippen LogP contribution in [0, 0.1) is 11.8 Å². The smallest absolute Gasteiger partial charge is 0.279 e. The molecule has 30 heavy (non-hydrogen) atoms. The first-order valence-electron chi connectivity index (χ1n) is 10.1. The third kappa shape index (κ3) is 3.33. The maximum atomic E-state index is 13.0. The summed E-state index contributed by atoms with van der Waals surface area (Å²) in [7, 11) is 0. The van der Waals surface area contributed by atoms with Crippen molar-refractivity contribution in [2.24, 2.45) is 11.8 Å². The predicted molar refractivity (Wildman–Crippen MR) is 119 cm³/mol. The molecule has 0 radical (unpaired) electrons. The van der Waals surface area contributed by atoms with Crippen molar-refractivity contribution in [3.8, 4) is 10.9 Å². The van der Waals surface area contributed by atoms with Crippen molar-refractivity contribution in [3.63, 3.8) is 0 Å². The van der Waals surface area contributed by atoms with Gasteiger partial charge in [-0.2, -0.15) is 0 Å². The maximum Gasteiger partial charge on any atom is 0.279 e. The van der Waals surface area contributed by atoms with Crippen molar-refractivity contribution in [3.05, 3.63) is 51.5 Å². The first-order valence-corrected chi connectivity index (χ1v) is 11.7. The number of ether oxygens (including phenoxy) is 1. The van der Waals surface area contributed by atoms with Crippen molar-refractivity contribution in [2.45, 2.75) is 38.5 Å². The van der Waals surface area contributed by atoms with E-state index in [0.29, 0.717) is 26.5 Å². The Morgan fingerprint density at radius 3 is 2.53 bits per heavy atom. The van der Waals surface area contributed by atoms with Gasteiger partial charge in [-0.1, -0.05) is 47.5 Å². The molecule has 1 unspecified atom stereocenters. The topological polar surface area (TPSA) is 56.3 Å². The second-order valence-electron chi connectivity index (χ2n) is 7.98. The number of aromatic nitrogens is 1. The molecule has 3 atom stereocenters. The Hall–Kier alpha value is -1.95. The van der Waals surface area contributed by atoms with Crippen LogP contribution in [0.4, 0.5) is 0 Å². The number of aryl methyl sites for hydroxylation is 1. The molecule has 7 heteroatoms. The van der Waals surface area contributed by atoms with E-state index in [4.69, 9.17) is 27.9 Å². The largest absolute Gasteiger partial charge is 0.431 e. The molecule has 3 aromatic rings. The summed E-state index contributed by atoms with van der Waals surface area (Å²) < 4.78 is 6.85. The van der Waals surface area contributed by atoms with Gasteiger partial charge < -0.3 is 4.74 Å². The Balaban J connectivity index is 1.51. The summed E-state index contributed by atoms with van der Waals surface area (Å²) in [6.07, 6.45) is 3.13. The molecule has 154 valence electrons. The zero-order chi connectivity index (χ0) is 21.0. The summed E-state index contributed by atoms with van der Waals surface area (Å²) in [5, 5.41) is 1.45. The van der Waals surface area contributed by atoms with Crippen LogP contribution in [-0.4, -0.2) is 16.6 Å². The van der Waals surface area contributed by atoms with E-state index in [9.17, 15) is 9.59 Å². The van der Waals surface area contributed by atoms with E-state index in [1.807, 2.05) is 25.1 Å². The second-order valence-corrected chi connectivity index (χ2v) is 9.81. The van der Waals surface area contributed by atoms with Gasteiger partial charge in [-0.25, -0.2) is 4.98 Å². The molecular weight excluding hydrogens is 441 g/mol. The molecule has 2 fully saturated rings. The molecule has 1 aromatic heterocycles. The van der Waals surface area contributed by atoms with Crippen LogP contribution in [-0.2, 0) is 16.0 Å². The standard InChI is InChI=1S/C23H19Cl2NO3S/c1-2-11-5-6-15(29-23-26-20-17(25)8-14(24)9-18(20)30-23)10-16(11)19-21(27)12-3-4-13(7-12)22(19)28/h5-6,8-10,12-13,19H,2-4,7H2,1H3/t12-,13+,19?. The number of carbonyl (C=O) groups excluding carboxylic acids is 2. The molecule has 2 aromatic carbocycles. The van der Waals surface area contributed by atoms with E-state index in [1.54, 1.807) is 12.1 Å². The molecule has 0 saturated heterocycles. The second kappa shape index (κ2) is 7.63. The Bertz CT molecular complexity index is 1170.